The summed E-state index contributed by atoms with van der Waals surface area (Å²) in [7, 11) is -3.32. The first-order valence-corrected chi connectivity index (χ1v) is 9.72. The van der Waals surface area contributed by atoms with Gasteiger partial charge in [-0.25, -0.2) is 8.42 Å². The van der Waals surface area contributed by atoms with E-state index in [4.69, 9.17) is 4.74 Å². The van der Waals surface area contributed by atoms with E-state index in [1.807, 2.05) is 0 Å². The van der Waals surface area contributed by atoms with Crippen molar-refractivity contribution in [1.82, 2.24) is 19.7 Å². The minimum atomic E-state index is -3.32. The van der Waals surface area contributed by atoms with Gasteiger partial charge in [-0.1, -0.05) is 6.07 Å². The summed E-state index contributed by atoms with van der Waals surface area (Å²) in [5.74, 6) is -0.274. The van der Waals surface area contributed by atoms with Crippen LogP contribution in [0.5, 0.6) is 0 Å². The number of hydrogen-bond acceptors (Lipinski definition) is 6. The second kappa shape index (κ2) is 5.92. The lowest BCUT2D eigenvalue weighted by atomic mass is 9.95. The zero-order valence-corrected chi connectivity index (χ0v) is 14.3. The van der Waals surface area contributed by atoms with Crippen LogP contribution in [-0.2, 0) is 21.1 Å². The number of hydrogen-bond donors (Lipinski definition) is 0. The number of amides is 1. The molecule has 0 bridgehead atoms. The minimum Gasteiger partial charge on any atom is -0.369 e. The van der Waals surface area contributed by atoms with Gasteiger partial charge in [0.2, 0.25) is 0 Å². The molecule has 2 saturated heterocycles. The van der Waals surface area contributed by atoms with Gasteiger partial charge in [-0.2, -0.15) is 5.10 Å². The summed E-state index contributed by atoms with van der Waals surface area (Å²) in [6, 6.07) is 6.89. The van der Waals surface area contributed by atoms with E-state index in [2.05, 4.69) is 10.1 Å². The van der Waals surface area contributed by atoms with Gasteiger partial charge in [0.05, 0.1) is 32.0 Å². The Hall–Kier alpha value is -2.26. The van der Waals surface area contributed by atoms with Gasteiger partial charge in [-0.15, -0.1) is 0 Å². The molecule has 0 radical (unpaired) electrons. The van der Waals surface area contributed by atoms with Crippen LogP contribution >= 0.6 is 0 Å². The number of ether oxygens (including phenoxy) is 1. The highest BCUT2D eigenvalue weighted by Gasteiger charge is 2.54. The highest BCUT2D eigenvalue weighted by molar-refractivity contribution is 7.92. The molecule has 132 valence electrons. The third-order valence-corrected chi connectivity index (χ3v) is 6.86. The van der Waals surface area contributed by atoms with Gasteiger partial charge in [0.15, 0.2) is 9.84 Å². The van der Waals surface area contributed by atoms with Gasteiger partial charge in [-0.05, 0) is 18.2 Å². The van der Waals surface area contributed by atoms with E-state index in [9.17, 15) is 13.2 Å². The molecular weight excluding hydrogens is 344 g/mol. The lowest BCUT2D eigenvalue weighted by molar-refractivity contribution is -0.121. The molecule has 2 aliphatic heterocycles. The van der Waals surface area contributed by atoms with Crippen molar-refractivity contribution in [3.05, 3.63) is 48.5 Å². The SMILES string of the molecule is O=C(c1ccccn1)N1CC2(C1)CS(=O)(=O)[C@@H](Cn1cccn1)CO2. The van der Waals surface area contributed by atoms with Crippen LogP contribution < -0.4 is 0 Å². The molecule has 0 N–H and O–H groups in total. The smallest absolute Gasteiger partial charge is 0.272 e. The monoisotopic (exact) mass is 362 g/mol. The van der Waals surface area contributed by atoms with Gasteiger partial charge in [0, 0.05) is 18.6 Å². The first kappa shape index (κ1) is 16.2. The Balaban J connectivity index is 1.41. The first-order valence-electron chi connectivity index (χ1n) is 8.01. The van der Waals surface area contributed by atoms with E-state index in [0.29, 0.717) is 5.69 Å². The molecule has 2 aromatic rings. The van der Waals surface area contributed by atoms with Crippen LogP contribution in [0.1, 0.15) is 10.5 Å². The molecule has 0 aromatic carbocycles. The standard InChI is InChI=1S/C16H18N4O4S/c21-15(14-4-1-2-5-17-14)19-10-16(11-19)12-25(22,23)13(9-24-16)8-20-7-3-6-18-20/h1-7,13H,8-12H2/t13-/m0/s1. The van der Waals surface area contributed by atoms with E-state index in [1.54, 1.807) is 52.4 Å². The Kier molecular flexibility index (Phi) is 3.84. The maximum atomic E-state index is 12.6. The van der Waals surface area contributed by atoms with Crippen LogP contribution in [-0.4, -0.2) is 70.3 Å². The van der Waals surface area contributed by atoms with Crippen LogP contribution in [0.2, 0.25) is 0 Å². The van der Waals surface area contributed by atoms with E-state index in [1.165, 1.54) is 0 Å². The van der Waals surface area contributed by atoms with Crippen molar-refractivity contribution in [1.29, 1.82) is 0 Å². The number of sulfone groups is 1. The van der Waals surface area contributed by atoms with E-state index in [0.717, 1.165) is 0 Å². The summed E-state index contributed by atoms with van der Waals surface area (Å²) in [5, 5.41) is 3.44. The van der Waals surface area contributed by atoms with E-state index < -0.39 is 20.7 Å². The Bertz CT molecular complexity index is 861. The fourth-order valence-electron chi connectivity index (χ4n) is 3.31. The quantitative estimate of drug-likeness (QED) is 0.762. The molecule has 0 aliphatic carbocycles. The van der Waals surface area contributed by atoms with Crippen LogP contribution in [0.3, 0.4) is 0 Å². The fraction of sp³-hybridized carbons (Fsp3) is 0.438. The zero-order valence-electron chi connectivity index (χ0n) is 13.5. The summed E-state index contributed by atoms with van der Waals surface area (Å²) >= 11 is 0. The van der Waals surface area contributed by atoms with Crippen LogP contribution in [0, 0.1) is 0 Å². The summed E-state index contributed by atoms with van der Waals surface area (Å²) in [4.78, 5) is 17.9. The van der Waals surface area contributed by atoms with Crippen molar-refractivity contribution in [2.75, 3.05) is 25.4 Å². The summed E-state index contributed by atoms with van der Waals surface area (Å²) in [5.41, 5.74) is -0.434. The van der Waals surface area contributed by atoms with Gasteiger partial charge < -0.3 is 9.64 Å². The number of pyridine rings is 1. The van der Waals surface area contributed by atoms with E-state index in [-0.39, 0.29) is 37.9 Å². The Morgan fingerprint density at radius 3 is 2.76 bits per heavy atom. The second-order valence-electron chi connectivity index (χ2n) is 6.53. The average Bonchev–Trinajstić information content (AvgIpc) is 3.07. The number of nitrogens with zero attached hydrogens (tertiary/aromatic N) is 4. The largest absolute Gasteiger partial charge is 0.369 e. The van der Waals surface area contributed by atoms with Gasteiger partial charge in [0.1, 0.15) is 16.5 Å². The summed E-state index contributed by atoms with van der Waals surface area (Å²) in [6.45, 7) is 0.946. The second-order valence-corrected chi connectivity index (χ2v) is 8.81. The highest BCUT2D eigenvalue weighted by Crippen LogP contribution is 2.33. The first-order chi connectivity index (χ1) is 12.0. The van der Waals surface area contributed by atoms with Crippen LogP contribution in [0.4, 0.5) is 0 Å². The van der Waals surface area contributed by atoms with Gasteiger partial charge in [0.25, 0.3) is 5.91 Å². The van der Waals surface area contributed by atoms with Gasteiger partial charge in [-0.3, -0.25) is 14.5 Å². The number of carbonyl (C=O) groups is 1. The normalized spacial score (nSPS) is 24.0. The molecule has 8 nitrogen and oxygen atoms in total. The maximum absolute atomic E-state index is 12.6. The third-order valence-electron chi connectivity index (χ3n) is 4.63. The lowest BCUT2D eigenvalue weighted by Crippen LogP contribution is -2.70. The summed E-state index contributed by atoms with van der Waals surface area (Å²) < 4.78 is 32.7. The van der Waals surface area contributed by atoms with Crippen molar-refractivity contribution in [2.45, 2.75) is 17.4 Å². The predicted molar refractivity (Wildman–Crippen MR) is 88.6 cm³/mol. The number of carbonyl (C=O) groups excluding carboxylic acids is 1. The zero-order chi connectivity index (χ0) is 17.5. The molecule has 4 rings (SSSR count). The Morgan fingerprint density at radius 2 is 2.12 bits per heavy atom. The Morgan fingerprint density at radius 1 is 1.28 bits per heavy atom. The molecule has 2 aromatic heterocycles. The van der Waals surface area contributed by atoms with Crippen molar-refractivity contribution in [3.63, 3.8) is 0 Å². The van der Waals surface area contributed by atoms with Crippen LogP contribution in [0.25, 0.3) is 0 Å². The molecule has 1 atom stereocenters. The fourth-order valence-corrected chi connectivity index (χ4v) is 5.20. The summed E-state index contributed by atoms with van der Waals surface area (Å²) in [6.07, 6.45) is 4.91. The Labute approximate surface area is 145 Å². The lowest BCUT2D eigenvalue weighted by Gasteiger charge is -2.51. The molecule has 4 heterocycles. The average molecular weight is 362 g/mol. The molecule has 1 amide bonds. The third kappa shape index (κ3) is 3.05. The van der Waals surface area contributed by atoms with Crippen LogP contribution in [0.15, 0.2) is 42.9 Å². The maximum Gasteiger partial charge on any atom is 0.272 e. The van der Waals surface area contributed by atoms with Crippen molar-refractivity contribution >= 4 is 15.7 Å². The molecule has 0 unspecified atom stereocenters. The van der Waals surface area contributed by atoms with Crippen molar-refractivity contribution < 1.29 is 17.9 Å². The predicted octanol–water partition coefficient (Wildman–Crippen LogP) is -0.0135. The molecule has 25 heavy (non-hydrogen) atoms. The molecule has 0 saturated carbocycles. The molecule has 1 spiro atoms. The van der Waals surface area contributed by atoms with Crippen molar-refractivity contribution in [2.24, 2.45) is 0 Å². The molecule has 9 heteroatoms. The molecular formula is C16H18N4O4S. The minimum absolute atomic E-state index is 0.0715. The number of likely N-dealkylation sites (tertiary alicyclic amines) is 1. The number of aromatic nitrogens is 3. The van der Waals surface area contributed by atoms with Crippen molar-refractivity contribution in [3.8, 4) is 0 Å². The van der Waals surface area contributed by atoms with E-state index >= 15 is 0 Å². The molecule has 2 aliphatic rings. The highest BCUT2D eigenvalue weighted by atomic mass is 32.2. The van der Waals surface area contributed by atoms with Gasteiger partial charge >= 0.3 is 0 Å². The number of rotatable bonds is 3. The topological polar surface area (TPSA) is 94.4 Å². The molecule has 2 fully saturated rings.